The zero-order valence-corrected chi connectivity index (χ0v) is 13.3. The highest BCUT2D eigenvalue weighted by Crippen LogP contribution is 2.23. The summed E-state index contributed by atoms with van der Waals surface area (Å²) in [6.07, 6.45) is 2.66. The number of azo groups is 1. The quantitative estimate of drug-likeness (QED) is 0.923. The molecule has 1 aromatic carbocycles. The van der Waals surface area contributed by atoms with Crippen molar-refractivity contribution in [1.29, 1.82) is 0 Å². The van der Waals surface area contributed by atoms with E-state index in [-0.39, 0.29) is 5.91 Å². The Balaban J connectivity index is 1.60. The maximum atomic E-state index is 11.9. The first kappa shape index (κ1) is 15.5. The van der Waals surface area contributed by atoms with Gasteiger partial charge in [-0.3, -0.25) is 9.59 Å². The van der Waals surface area contributed by atoms with Crippen LogP contribution in [0.5, 0.6) is 0 Å². The van der Waals surface area contributed by atoms with Crippen molar-refractivity contribution in [3.8, 4) is 11.3 Å². The molecule has 1 unspecified atom stereocenters. The van der Waals surface area contributed by atoms with Gasteiger partial charge < -0.3 is 5.32 Å². The molecule has 6 nitrogen and oxygen atoms in total. The number of aromatic nitrogens is 1. The van der Waals surface area contributed by atoms with Crippen molar-refractivity contribution in [3.05, 3.63) is 51.8 Å². The Bertz CT molecular complexity index is 782. The van der Waals surface area contributed by atoms with E-state index in [4.69, 9.17) is 11.6 Å². The lowest BCUT2D eigenvalue weighted by molar-refractivity contribution is -0.121. The molecule has 3 rings (SSSR count). The fourth-order valence-electron chi connectivity index (χ4n) is 1.92. The number of thiazole rings is 1. The molecule has 0 spiro atoms. The third-order valence-electron chi connectivity index (χ3n) is 3.08. The highest BCUT2D eigenvalue weighted by Gasteiger charge is 2.18. The van der Waals surface area contributed by atoms with E-state index >= 15 is 0 Å². The van der Waals surface area contributed by atoms with Gasteiger partial charge in [0.25, 0.3) is 11.8 Å². The summed E-state index contributed by atoms with van der Waals surface area (Å²) in [5, 5.41) is 13.1. The number of halogens is 1. The van der Waals surface area contributed by atoms with Crippen LogP contribution in [-0.2, 0) is 16.1 Å². The van der Waals surface area contributed by atoms with E-state index in [2.05, 4.69) is 20.5 Å². The zero-order chi connectivity index (χ0) is 16.2. The lowest BCUT2D eigenvalue weighted by atomic mass is 10.2. The Morgan fingerprint density at radius 3 is 2.78 bits per heavy atom. The van der Waals surface area contributed by atoms with E-state index in [9.17, 15) is 9.59 Å². The van der Waals surface area contributed by atoms with Crippen LogP contribution in [0.4, 0.5) is 0 Å². The number of amides is 2. The molecule has 0 aliphatic carbocycles. The van der Waals surface area contributed by atoms with Gasteiger partial charge in [-0.05, 0) is 18.2 Å². The van der Waals surface area contributed by atoms with E-state index < -0.39 is 11.9 Å². The summed E-state index contributed by atoms with van der Waals surface area (Å²) in [5.41, 5.74) is 1.80. The zero-order valence-electron chi connectivity index (χ0n) is 11.8. The van der Waals surface area contributed by atoms with E-state index in [0.29, 0.717) is 11.6 Å². The van der Waals surface area contributed by atoms with Crippen molar-refractivity contribution in [2.45, 2.75) is 12.6 Å². The van der Waals surface area contributed by atoms with E-state index in [1.54, 1.807) is 12.1 Å². The molecule has 116 valence electrons. The molecule has 0 fully saturated rings. The highest BCUT2D eigenvalue weighted by atomic mass is 35.5. The van der Waals surface area contributed by atoms with E-state index in [1.807, 2.05) is 17.5 Å². The van der Waals surface area contributed by atoms with Gasteiger partial charge >= 0.3 is 0 Å². The van der Waals surface area contributed by atoms with Crippen molar-refractivity contribution < 1.29 is 9.59 Å². The number of carbonyl (C=O) groups is 2. The Morgan fingerprint density at radius 2 is 2.09 bits per heavy atom. The fraction of sp³-hybridized carbons (Fsp3) is 0.133. The van der Waals surface area contributed by atoms with Crippen LogP contribution in [0.1, 0.15) is 5.01 Å². The summed E-state index contributed by atoms with van der Waals surface area (Å²) in [5.74, 6) is -0.776. The van der Waals surface area contributed by atoms with Crippen LogP contribution in [0.25, 0.3) is 11.3 Å². The number of carbonyl (C=O) groups excluding carboxylic acids is 2. The summed E-state index contributed by atoms with van der Waals surface area (Å²) in [6, 6.07) is 6.63. The van der Waals surface area contributed by atoms with Crippen molar-refractivity contribution in [2.75, 3.05) is 0 Å². The van der Waals surface area contributed by atoms with Gasteiger partial charge in [0.05, 0.1) is 12.2 Å². The Morgan fingerprint density at radius 1 is 1.30 bits per heavy atom. The minimum Gasteiger partial charge on any atom is -0.347 e. The average Bonchev–Trinajstić information content (AvgIpc) is 3.03. The van der Waals surface area contributed by atoms with Crippen molar-refractivity contribution >= 4 is 34.8 Å². The molecule has 2 amide bonds. The predicted molar refractivity (Wildman–Crippen MR) is 87.2 cm³/mol. The van der Waals surface area contributed by atoms with Gasteiger partial charge in [0, 0.05) is 22.0 Å². The molecule has 2 aromatic rings. The summed E-state index contributed by atoms with van der Waals surface area (Å²) in [4.78, 5) is 27.3. The largest absolute Gasteiger partial charge is 0.347 e. The van der Waals surface area contributed by atoms with Crippen LogP contribution in [0.15, 0.2) is 52.0 Å². The molecule has 1 aliphatic heterocycles. The topological polar surface area (TPSA) is 83.8 Å². The summed E-state index contributed by atoms with van der Waals surface area (Å²) < 4.78 is 0. The van der Waals surface area contributed by atoms with Gasteiger partial charge in [-0.2, -0.15) is 5.11 Å². The summed E-state index contributed by atoms with van der Waals surface area (Å²) in [7, 11) is 0. The number of nitrogens with one attached hydrogen (secondary N) is 1. The lowest BCUT2D eigenvalue weighted by Gasteiger charge is -2.08. The van der Waals surface area contributed by atoms with Gasteiger partial charge in [-0.15, -0.1) is 16.5 Å². The molecule has 1 aromatic heterocycles. The summed E-state index contributed by atoms with van der Waals surface area (Å²) in [6.45, 7) is 0.297. The SMILES string of the molecule is O=C1C=CC(C(=O)NCc2nc(-c3ccc(Cl)cc3)cs2)N=N1. The van der Waals surface area contributed by atoms with Crippen molar-refractivity contribution in [3.63, 3.8) is 0 Å². The lowest BCUT2D eigenvalue weighted by Crippen LogP contribution is -2.32. The van der Waals surface area contributed by atoms with Gasteiger partial charge in [-0.25, -0.2) is 4.98 Å². The van der Waals surface area contributed by atoms with Crippen LogP contribution >= 0.6 is 22.9 Å². The monoisotopic (exact) mass is 346 g/mol. The highest BCUT2D eigenvalue weighted by molar-refractivity contribution is 7.09. The Kier molecular flexibility index (Phi) is 4.59. The molecule has 0 saturated carbocycles. The number of hydrogen-bond acceptors (Lipinski definition) is 5. The predicted octanol–water partition coefficient (Wildman–Crippen LogP) is 3.00. The van der Waals surface area contributed by atoms with E-state index in [1.165, 1.54) is 23.5 Å². The maximum absolute atomic E-state index is 11.9. The van der Waals surface area contributed by atoms with Crippen LogP contribution < -0.4 is 5.32 Å². The van der Waals surface area contributed by atoms with Crippen LogP contribution in [0.3, 0.4) is 0 Å². The van der Waals surface area contributed by atoms with Crippen LogP contribution in [0.2, 0.25) is 5.02 Å². The number of nitrogens with zero attached hydrogens (tertiary/aromatic N) is 3. The molecule has 0 bridgehead atoms. The number of hydrogen-bond donors (Lipinski definition) is 1. The number of rotatable bonds is 4. The Hall–Kier alpha value is -2.38. The smallest absolute Gasteiger partial charge is 0.287 e. The summed E-state index contributed by atoms with van der Waals surface area (Å²) >= 11 is 7.32. The molecule has 2 heterocycles. The third-order valence-corrected chi connectivity index (χ3v) is 4.18. The average molecular weight is 347 g/mol. The first-order chi connectivity index (χ1) is 11.1. The third kappa shape index (κ3) is 3.88. The van der Waals surface area contributed by atoms with Gasteiger partial charge in [0.1, 0.15) is 5.01 Å². The Labute approximate surface area is 140 Å². The molecule has 1 N–H and O–H groups in total. The van der Waals surface area contributed by atoms with E-state index in [0.717, 1.165) is 16.3 Å². The number of benzene rings is 1. The molecular formula is C15H11ClN4O2S. The van der Waals surface area contributed by atoms with Crippen molar-refractivity contribution in [2.24, 2.45) is 10.2 Å². The first-order valence-corrected chi connectivity index (χ1v) is 7.98. The maximum Gasteiger partial charge on any atom is 0.287 e. The molecule has 0 radical (unpaired) electrons. The molecular weight excluding hydrogens is 336 g/mol. The minimum atomic E-state index is -0.761. The van der Waals surface area contributed by atoms with Crippen LogP contribution in [0, 0.1) is 0 Å². The minimum absolute atomic E-state index is 0.297. The second kappa shape index (κ2) is 6.80. The fourth-order valence-corrected chi connectivity index (χ4v) is 2.79. The van der Waals surface area contributed by atoms with Crippen molar-refractivity contribution in [1.82, 2.24) is 10.3 Å². The molecule has 8 heteroatoms. The van der Waals surface area contributed by atoms with Crippen LogP contribution in [-0.4, -0.2) is 22.8 Å². The van der Waals surface area contributed by atoms with Gasteiger partial charge in [0.15, 0.2) is 6.04 Å². The second-order valence-electron chi connectivity index (χ2n) is 4.71. The standard InChI is InChI=1S/C15H11ClN4O2S/c16-10-3-1-9(2-4-10)12-8-23-14(18-12)7-17-15(22)11-5-6-13(21)20-19-11/h1-6,8,11H,7H2,(H,17,22). The molecule has 1 aliphatic rings. The van der Waals surface area contributed by atoms with Gasteiger partial charge in [-0.1, -0.05) is 23.7 Å². The second-order valence-corrected chi connectivity index (χ2v) is 6.09. The molecule has 23 heavy (non-hydrogen) atoms. The normalized spacial score (nSPS) is 16.6. The molecule has 1 atom stereocenters. The van der Waals surface area contributed by atoms with Gasteiger partial charge in [0.2, 0.25) is 0 Å². The molecule has 0 saturated heterocycles. The first-order valence-electron chi connectivity index (χ1n) is 6.73.